The summed E-state index contributed by atoms with van der Waals surface area (Å²) in [6.45, 7) is 2.86. The van der Waals surface area contributed by atoms with Crippen LogP contribution in [0, 0.1) is 0 Å². The Morgan fingerprint density at radius 3 is 2.51 bits per heavy atom. The third-order valence-electron chi connectivity index (χ3n) is 6.06. The molecule has 35 heavy (non-hydrogen) atoms. The Labute approximate surface area is 205 Å². The largest absolute Gasteiger partial charge is 0.493 e. The van der Waals surface area contributed by atoms with Crippen LogP contribution in [0.5, 0.6) is 17.2 Å². The van der Waals surface area contributed by atoms with Gasteiger partial charge in [0.25, 0.3) is 11.8 Å². The van der Waals surface area contributed by atoms with Gasteiger partial charge in [0.1, 0.15) is 5.75 Å². The number of hydrogen-bond donors (Lipinski definition) is 1. The maximum absolute atomic E-state index is 13.2. The maximum Gasteiger partial charge on any atom is 0.263 e. The molecule has 182 valence electrons. The second kappa shape index (κ2) is 11.0. The summed E-state index contributed by atoms with van der Waals surface area (Å²) in [4.78, 5) is 27.6. The van der Waals surface area contributed by atoms with Crippen LogP contribution in [0.4, 0.5) is 5.69 Å². The predicted octanol–water partition coefficient (Wildman–Crippen LogP) is 4.70. The van der Waals surface area contributed by atoms with E-state index in [4.69, 9.17) is 14.2 Å². The van der Waals surface area contributed by atoms with Crippen molar-refractivity contribution >= 4 is 17.5 Å². The Morgan fingerprint density at radius 2 is 1.80 bits per heavy atom. The zero-order valence-corrected chi connectivity index (χ0v) is 20.2. The molecular weight excluding hydrogens is 444 g/mol. The maximum atomic E-state index is 13.2. The van der Waals surface area contributed by atoms with Crippen LogP contribution in [0.2, 0.25) is 0 Å². The van der Waals surface area contributed by atoms with Crippen LogP contribution in [0.15, 0.2) is 66.7 Å². The van der Waals surface area contributed by atoms with Gasteiger partial charge < -0.3 is 24.4 Å². The van der Waals surface area contributed by atoms with Crippen molar-refractivity contribution in [2.45, 2.75) is 32.4 Å². The summed E-state index contributed by atoms with van der Waals surface area (Å²) >= 11 is 0. The van der Waals surface area contributed by atoms with Gasteiger partial charge in [0.15, 0.2) is 17.6 Å². The van der Waals surface area contributed by atoms with E-state index >= 15 is 0 Å². The number of anilines is 1. The lowest BCUT2D eigenvalue weighted by molar-refractivity contribution is -0.138. The SMILES string of the molecule is CCC1Oc2ccc(NC(=O)c3ccccc3)cc2CN(CCc2ccc(OC)c(OC)c2)C1=O. The summed E-state index contributed by atoms with van der Waals surface area (Å²) in [5.74, 6) is 1.76. The van der Waals surface area contributed by atoms with E-state index in [0.717, 1.165) is 11.1 Å². The second-order valence-electron chi connectivity index (χ2n) is 8.36. The van der Waals surface area contributed by atoms with Crippen LogP contribution in [0.3, 0.4) is 0 Å². The first kappa shape index (κ1) is 24.1. The second-order valence-corrected chi connectivity index (χ2v) is 8.36. The summed E-state index contributed by atoms with van der Waals surface area (Å²) in [6, 6.07) is 20.3. The Hall–Kier alpha value is -4.00. The number of methoxy groups -OCH3 is 2. The van der Waals surface area contributed by atoms with Crippen molar-refractivity contribution in [3.63, 3.8) is 0 Å². The summed E-state index contributed by atoms with van der Waals surface area (Å²) in [5, 5.41) is 2.94. The molecule has 2 amide bonds. The lowest BCUT2D eigenvalue weighted by atomic mass is 10.1. The molecule has 0 spiro atoms. The van der Waals surface area contributed by atoms with E-state index in [2.05, 4.69) is 5.32 Å². The lowest BCUT2D eigenvalue weighted by Crippen LogP contribution is -2.40. The average Bonchev–Trinajstić information content (AvgIpc) is 3.03. The Balaban J connectivity index is 1.53. The van der Waals surface area contributed by atoms with Crippen LogP contribution in [-0.4, -0.2) is 43.6 Å². The molecule has 7 heteroatoms. The molecule has 1 aliphatic heterocycles. The van der Waals surface area contributed by atoms with E-state index in [1.807, 2.05) is 60.4 Å². The van der Waals surface area contributed by atoms with Gasteiger partial charge in [-0.25, -0.2) is 0 Å². The van der Waals surface area contributed by atoms with Crippen molar-refractivity contribution in [3.8, 4) is 17.2 Å². The minimum absolute atomic E-state index is 0.0425. The van der Waals surface area contributed by atoms with Crippen molar-refractivity contribution < 1.29 is 23.8 Å². The minimum atomic E-state index is -0.550. The number of ether oxygens (including phenoxy) is 3. The van der Waals surface area contributed by atoms with Gasteiger partial charge in [-0.2, -0.15) is 0 Å². The van der Waals surface area contributed by atoms with Gasteiger partial charge in [-0.05, 0) is 60.9 Å². The minimum Gasteiger partial charge on any atom is -0.493 e. The smallest absolute Gasteiger partial charge is 0.263 e. The molecule has 1 N–H and O–H groups in total. The third kappa shape index (κ3) is 5.57. The van der Waals surface area contributed by atoms with Crippen molar-refractivity contribution in [1.82, 2.24) is 4.90 Å². The van der Waals surface area contributed by atoms with Crippen LogP contribution in [0.1, 0.15) is 34.8 Å². The van der Waals surface area contributed by atoms with E-state index < -0.39 is 6.10 Å². The van der Waals surface area contributed by atoms with Gasteiger partial charge in [-0.1, -0.05) is 31.2 Å². The third-order valence-corrected chi connectivity index (χ3v) is 6.06. The molecule has 0 fully saturated rings. The highest BCUT2D eigenvalue weighted by molar-refractivity contribution is 6.04. The summed E-state index contributed by atoms with van der Waals surface area (Å²) < 4.78 is 16.8. The summed E-state index contributed by atoms with van der Waals surface area (Å²) in [7, 11) is 3.21. The van der Waals surface area contributed by atoms with E-state index in [1.54, 1.807) is 32.4 Å². The molecule has 7 nitrogen and oxygen atoms in total. The summed E-state index contributed by atoms with van der Waals surface area (Å²) in [6.07, 6.45) is 0.673. The van der Waals surface area contributed by atoms with Gasteiger partial charge in [0.2, 0.25) is 0 Å². The molecule has 3 aromatic carbocycles. The summed E-state index contributed by atoms with van der Waals surface area (Å²) in [5.41, 5.74) is 3.13. The zero-order valence-electron chi connectivity index (χ0n) is 20.2. The molecule has 1 heterocycles. The van der Waals surface area contributed by atoms with E-state index in [0.29, 0.717) is 54.4 Å². The van der Waals surface area contributed by atoms with Crippen LogP contribution < -0.4 is 19.5 Å². The molecular formula is C28H30N2O5. The number of benzene rings is 3. The number of nitrogens with zero attached hydrogens (tertiary/aromatic N) is 1. The lowest BCUT2D eigenvalue weighted by Gasteiger charge is -2.23. The molecule has 0 bridgehead atoms. The topological polar surface area (TPSA) is 77.1 Å². The number of carbonyl (C=O) groups is 2. The molecule has 4 rings (SSSR count). The molecule has 0 saturated carbocycles. The molecule has 0 aromatic heterocycles. The van der Waals surface area contributed by atoms with E-state index in [-0.39, 0.29) is 11.8 Å². The van der Waals surface area contributed by atoms with Crippen molar-refractivity contribution in [2.75, 3.05) is 26.1 Å². The fourth-order valence-corrected chi connectivity index (χ4v) is 4.13. The zero-order chi connectivity index (χ0) is 24.8. The van der Waals surface area contributed by atoms with Gasteiger partial charge in [0, 0.05) is 29.9 Å². The fourth-order valence-electron chi connectivity index (χ4n) is 4.13. The van der Waals surface area contributed by atoms with Gasteiger partial charge >= 0.3 is 0 Å². The molecule has 1 unspecified atom stereocenters. The number of carbonyl (C=O) groups excluding carboxylic acids is 2. The van der Waals surface area contributed by atoms with Crippen molar-refractivity contribution in [3.05, 3.63) is 83.4 Å². The monoisotopic (exact) mass is 474 g/mol. The van der Waals surface area contributed by atoms with Crippen LogP contribution in [0.25, 0.3) is 0 Å². The van der Waals surface area contributed by atoms with E-state index in [1.165, 1.54) is 0 Å². The molecule has 0 saturated heterocycles. The molecule has 3 aromatic rings. The first-order valence-corrected chi connectivity index (χ1v) is 11.7. The number of amides is 2. The van der Waals surface area contributed by atoms with Gasteiger partial charge in [-0.3, -0.25) is 9.59 Å². The van der Waals surface area contributed by atoms with Crippen LogP contribution in [-0.2, 0) is 17.8 Å². The molecule has 0 radical (unpaired) electrons. The Kier molecular flexibility index (Phi) is 7.55. The molecule has 1 aliphatic rings. The van der Waals surface area contributed by atoms with Crippen molar-refractivity contribution in [1.29, 1.82) is 0 Å². The Bertz CT molecular complexity index is 1200. The highest BCUT2D eigenvalue weighted by atomic mass is 16.5. The molecule has 1 atom stereocenters. The van der Waals surface area contributed by atoms with Gasteiger partial charge in [0.05, 0.1) is 14.2 Å². The molecule has 0 aliphatic carbocycles. The van der Waals surface area contributed by atoms with Crippen molar-refractivity contribution in [2.24, 2.45) is 0 Å². The quantitative estimate of drug-likeness (QED) is 0.512. The highest BCUT2D eigenvalue weighted by Gasteiger charge is 2.30. The first-order valence-electron chi connectivity index (χ1n) is 11.7. The fraction of sp³-hybridized carbons (Fsp3) is 0.286. The number of hydrogen-bond acceptors (Lipinski definition) is 5. The predicted molar refractivity (Wildman–Crippen MR) is 134 cm³/mol. The van der Waals surface area contributed by atoms with Gasteiger partial charge in [-0.15, -0.1) is 0 Å². The number of fused-ring (bicyclic) bond motifs is 1. The normalized spacial score (nSPS) is 15.0. The Morgan fingerprint density at radius 1 is 1.03 bits per heavy atom. The van der Waals surface area contributed by atoms with Crippen LogP contribution >= 0.6 is 0 Å². The average molecular weight is 475 g/mol. The van der Waals surface area contributed by atoms with E-state index in [9.17, 15) is 9.59 Å². The number of nitrogens with one attached hydrogen (secondary N) is 1. The number of rotatable bonds is 8. The first-order chi connectivity index (χ1) is 17.0. The standard InChI is InChI=1S/C28H30N2O5/c1-4-23-28(32)30(15-14-19-10-12-25(33-2)26(16-19)34-3)18-21-17-22(11-13-24(21)35-23)29-27(31)20-8-6-5-7-9-20/h5-13,16-17,23H,4,14-15,18H2,1-3H3,(H,29,31). The highest BCUT2D eigenvalue weighted by Crippen LogP contribution is 2.31.